The zero-order valence-electron chi connectivity index (χ0n) is 15.8. The highest BCUT2D eigenvalue weighted by atomic mass is 19.1. The maximum atomic E-state index is 13.2. The number of nitrogens with one attached hydrogen (secondary N) is 1. The number of ether oxygens (including phenoxy) is 1. The van der Waals surface area contributed by atoms with Gasteiger partial charge >= 0.3 is 0 Å². The molecule has 2 aliphatic heterocycles. The molecule has 0 radical (unpaired) electrons. The van der Waals surface area contributed by atoms with Gasteiger partial charge in [0.25, 0.3) is 0 Å². The summed E-state index contributed by atoms with van der Waals surface area (Å²) in [5.74, 6) is -0.227. The molecule has 4 rings (SSSR count). The van der Waals surface area contributed by atoms with E-state index in [2.05, 4.69) is 20.2 Å². The van der Waals surface area contributed by atoms with Crippen molar-refractivity contribution < 1.29 is 13.9 Å². The molecule has 0 aliphatic carbocycles. The molecule has 2 aliphatic rings. The van der Waals surface area contributed by atoms with Crippen LogP contribution in [-0.4, -0.2) is 53.4 Å². The van der Waals surface area contributed by atoms with Crippen molar-refractivity contribution in [2.24, 2.45) is 0 Å². The molecule has 2 aromatic rings. The first-order valence-electron chi connectivity index (χ1n) is 9.54. The molecule has 148 valence electrons. The van der Waals surface area contributed by atoms with E-state index in [0.717, 1.165) is 30.8 Å². The van der Waals surface area contributed by atoms with Gasteiger partial charge < -0.3 is 14.5 Å². The van der Waals surface area contributed by atoms with Crippen molar-refractivity contribution in [3.8, 4) is 0 Å². The summed E-state index contributed by atoms with van der Waals surface area (Å²) in [4.78, 5) is 24.5. The number of carbonyl (C=O) groups is 1. The average molecular weight is 385 g/mol. The van der Waals surface area contributed by atoms with E-state index in [1.165, 1.54) is 18.5 Å². The quantitative estimate of drug-likeness (QED) is 0.869. The zero-order chi connectivity index (χ0) is 19.5. The van der Waals surface area contributed by atoms with Gasteiger partial charge in [-0.05, 0) is 43.2 Å². The molecule has 8 heteroatoms. The molecule has 1 N–H and O–H groups in total. The van der Waals surface area contributed by atoms with Gasteiger partial charge in [-0.3, -0.25) is 10.1 Å². The van der Waals surface area contributed by atoms with Crippen LogP contribution in [0.4, 0.5) is 10.1 Å². The maximum Gasteiger partial charge on any atom is 0.227 e. The second-order valence-corrected chi connectivity index (χ2v) is 7.24. The van der Waals surface area contributed by atoms with Crippen molar-refractivity contribution in [2.75, 3.05) is 25.0 Å². The van der Waals surface area contributed by atoms with E-state index in [9.17, 15) is 9.18 Å². The van der Waals surface area contributed by atoms with Crippen molar-refractivity contribution in [1.29, 1.82) is 0 Å². The van der Waals surface area contributed by atoms with Crippen molar-refractivity contribution in [3.05, 3.63) is 54.4 Å². The molecule has 1 aromatic carbocycles. The van der Waals surface area contributed by atoms with Crippen molar-refractivity contribution in [1.82, 2.24) is 20.2 Å². The Bertz CT molecular complexity index is 804. The fourth-order valence-corrected chi connectivity index (χ4v) is 3.74. The predicted octanol–water partition coefficient (Wildman–Crippen LogP) is 2.08. The maximum absolute atomic E-state index is 13.2. The molecule has 3 atom stereocenters. The van der Waals surface area contributed by atoms with Crippen LogP contribution in [0.3, 0.4) is 0 Å². The number of carbonyl (C=O) groups excluding carboxylic acids is 1. The van der Waals surface area contributed by atoms with Crippen LogP contribution >= 0.6 is 0 Å². The van der Waals surface area contributed by atoms with Crippen molar-refractivity contribution in [2.45, 2.75) is 37.8 Å². The van der Waals surface area contributed by atoms with Gasteiger partial charge in [-0.1, -0.05) is 0 Å². The molecule has 0 spiro atoms. The third-order valence-electron chi connectivity index (χ3n) is 5.32. The fourth-order valence-electron chi connectivity index (χ4n) is 3.74. The fraction of sp³-hybridized carbons (Fsp3) is 0.450. The lowest BCUT2D eigenvalue weighted by Crippen LogP contribution is -2.57. The summed E-state index contributed by atoms with van der Waals surface area (Å²) in [6.07, 6.45) is 4.83. The molecule has 3 heterocycles. The summed E-state index contributed by atoms with van der Waals surface area (Å²) in [5, 5.41) is 3.38. The van der Waals surface area contributed by atoms with Crippen LogP contribution in [0.1, 0.15) is 31.0 Å². The minimum atomic E-state index is -0.514. The molecular weight excluding hydrogens is 361 g/mol. The molecule has 1 amide bonds. The smallest absolute Gasteiger partial charge is 0.227 e. The summed E-state index contributed by atoms with van der Waals surface area (Å²) < 4.78 is 19.5. The van der Waals surface area contributed by atoms with E-state index in [0.29, 0.717) is 13.0 Å². The summed E-state index contributed by atoms with van der Waals surface area (Å²) in [6.45, 7) is 1.60. The number of rotatable bonds is 4. The third kappa shape index (κ3) is 4.13. The summed E-state index contributed by atoms with van der Waals surface area (Å²) >= 11 is 0. The van der Waals surface area contributed by atoms with E-state index in [4.69, 9.17) is 4.74 Å². The molecule has 2 saturated heterocycles. The number of hydrogen-bond acceptors (Lipinski definition) is 6. The highest BCUT2D eigenvalue weighted by molar-refractivity contribution is 5.77. The lowest BCUT2D eigenvalue weighted by Gasteiger charge is -2.41. The number of benzene rings is 1. The lowest BCUT2D eigenvalue weighted by atomic mass is 10.1. The SMILES string of the molecule is CN1C(=O)CC(c2ccncn2)NC1OC1CCCN(c2ccc(F)cc2)C1. The van der Waals surface area contributed by atoms with E-state index in [1.54, 1.807) is 30.3 Å². The van der Waals surface area contributed by atoms with Gasteiger partial charge in [0.1, 0.15) is 12.1 Å². The lowest BCUT2D eigenvalue weighted by molar-refractivity contribution is -0.166. The summed E-state index contributed by atoms with van der Waals surface area (Å²) in [6, 6.07) is 8.13. The van der Waals surface area contributed by atoms with Gasteiger partial charge in [-0.25, -0.2) is 14.4 Å². The number of amides is 1. The Morgan fingerprint density at radius 1 is 1.25 bits per heavy atom. The van der Waals surface area contributed by atoms with Gasteiger partial charge in [-0.15, -0.1) is 0 Å². The van der Waals surface area contributed by atoms with Crippen LogP contribution in [0, 0.1) is 5.82 Å². The zero-order valence-corrected chi connectivity index (χ0v) is 15.8. The predicted molar refractivity (Wildman–Crippen MR) is 102 cm³/mol. The first-order valence-corrected chi connectivity index (χ1v) is 9.54. The first-order chi connectivity index (χ1) is 13.6. The Morgan fingerprint density at radius 2 is 2.07 bits per heavy atom. The second-order valence-electron chi connectivity index (χ2n) is 7.24. The molecule has 7 nitrogen and oxygen atoms in total. The number of aromatic nitrogens is 2. The molecule has 28 heavy (non-hydrogen) atoms. The second kappa shape index (κ2) is 8.20. The van der Waals surface area contributed by atoms with Crippen LogP contribution in [0.25, 0.3) is 0 Å². The number of hydrogen-bond donors (Lipinski definition) is 1. The van der Waals surface area contributed by atoms with E-state index < -0.39 is 6.35 Å². The normalized spacial score (nSPS) is 25.8. The topological polar surface area (TPSA) is 70.6 Å². The van der Waals surface area contributed by atoms with Crippen molar-refractivity contribution >= 4 is 11.6 Å². The first kappa shape index (κ1) is 18.8. The minimum Gasteiger partial charge on any atom is -0.369 e. The van der Waals surface area contributed by atoms with Gasteiger partial charge in [0, 0.05) is 38.4 Å². The van der Waals surface area contributed by atoms with Gasteiger partial charge in [-0.2, -0.15) is 0 Å². The molecule has 2 fully saturated rings. The largest absolute Gasteiger partial charge is 0.369 e. The van der Waals surface area contributed by atoms with Gasteiger partial charge in [0.15, 0.2) is 6.35 Å². The van der Waals surface area contributed by atoms with E-state index in [-0.39, 0.29) is 23.9 Å². The molecule has 1 aromatic heterocycles. The number of anilines is 1. The van der Waals surface area contributed by atoms with E-state index in [1.807, 2.05) is 6.07 Å². The van der Waals surface area contributed by atoms with Crippen LogP contribution in [0.2, 0.25) is 0 Å². The average Bonchev–Trinajstić information content (AvgIpc) is 2.72. The highest BCUT2D eigenvalue weighted by Crippen LogP contribution is 2.26. The molecule has 0 saturated carbocycles. The molecular formula is C20H24FN5O2. The third-order valence-corrected chi connectivity index (χ3v) is 5.32. The number of nitrogens with zero attached hydrogens (tertiary/aromatic N) is 4. The highest BCUT2D eigenvalue weighted by Gasteiger charge is 2.35. The van der Waals surface area contributed by atoms with Crippen LogP contribution in [0.5, 0.6) is 0 Å². The Kier molecular flexibility index (Phi) is 5.50. The Hall–Kier alpha value is -2.58. The number of piperidine rings is 1. The van der Waals surface area contributed by atoms with E-state index >= 15 is 0 Å². The Balaban J connectivity index is 1.43. The summed E-state index contributed by atoms with van der Waals surface area (Å²) in [7, 11) is 1.75. The van der Waals surface area contributed by atoms with Crippen molar-refractivity contribution in [3.63, 3.8) is 0 Å². The standard InChI is InChI=1S/C20H24FN5O2/c1-25-19(27)11-18(17-8-9-22-13-23-17)24-20(25)28-16-3-2-10-26(12-16)15-6-4-14(21)5-7-15/h4-9,13,16,18,20,24H,2-3,10-12H2,1H3. The number of halogens is 1. The Morgan fingerprint density at radius 3 is 2.82 bits per heavy atom. The van der Waals surface area contributed by atoms with Gasteiger partial charge in [0.05, 0.1) is 17.8 Å². The molecule has 3 unspecified atom stereocenters. The van der Waals surface area contributed by atoms with Crippen LogP contribution in [-0.2, 0) is 9.53 Å². The van der Waals surface area contributed by atoms with Crippen LogP contribution < -0.4 is 10.2 Å². The minimum absolute atomic E-state index is 0.0126. The summed E-state index contributed by atoms with van der Waals surface area (Å²) in [5.41, 5.74) is 1.76. The molecule has 0 bridgehead atoms. The van der Waals surface area contributed by atoms with Gasteiger partial charge in [0.2, 0.25) is 5.91 Å². The van der Waals surface area contributed by atoms with Crippen LogP contribution in [0.15, 0.2) is 42.9 Å². The monoisotopic (exact) mass is 385 g/mol. The Labute approximate surface area is 163 Å².